The molecule has 0 saturated heterocycles. The summed E-state index contributed by atoms with van der Waals surface area (Å²) in [7, 11) is 1.45. The van der Waals surface area contributed by atoms with Gasteiger partial charge in [-0.15, -0.1) is 0 Å². The van der Waals surface area contributed by atoms with Gasteiger partial charge < -0.3 is 19.7 Å². The number of phenolic OH excluding ortho intramolecular Hbond substituents is 1. The number of hydrogen-bond acceptors (Lipinski definition) is 5. The van der Waals surface area contributed by atoms with E-state index in [1.165, 1.54) is 18.1 Å². The molecule has 1 aliphatic heterocycles. The second-order valence-corrected chi connectivity index (χ2v) is 7.41. The molecule has 0 aromatic heterocycles. The molecule has 1 aromatic rings. The Bertz CT molecular complexity index is 694. The van der Waals surface area contributed by atoms with Gasteiger partial charge in [-0.3, -0.25) is 9.69 Å². The van der Waals surface area contributed by atoms with Gasteiger partial charge in [-0.25, -0.2) is 4.79 Å². The van der Waals surface area contributed by atoms with Crippen LogP contribution in [0.15, 0.2) is 12.1 Å². The number of rotatable bonds is 3. The molecule has 1 atom stereocenters. The summed E-state index contributed by atoms with van der Waals surface area (Å²) in [5.41, 5.74) is -0.391. The maximum atomic E-state index is 12.7. The summed E-state index contributed by atoms with van der Waals surface area (Å²) >= 11 is 0. The SMILES string of the molecule is COc1cc2c(cc1O)C(C)(CC(=O)O)N(C(=O)OC(C)(C)C)CC2. The molecule has 1 aliphatic rings. The number of benzene rings is 1. The monoisotopic (exact) mass is 351 g/mol. The predicted molar refractivity (Wildman–Crippen MR) is 90.9 cm³/mol. The van der Waals surface area contributed by atoms with Gasteiger partial charge in [0, 0.05) is 6.54 Å². The van der Waals surface area contributed by atoms with Crippen molar-refractivity contribution < 1.29 is 29.3 Å². The van der Waals surface area contributed by atoms with E-state index in [1.807, 2.05) is 0 Å². The van der Waals surface area contributed by atoms with Crippen LogP contribution >= 0.6 is 0 Å². The van der Waals surface area contributed by atoms with Gasteiger partial charge in [0.15, 0.2) is 11.5 Å². The maximum absolute atomic E-state index is 12.7. The maximum Gasteiger partial charge on any atom is 0.411 e. The number of nitrogens with zero attached hydrogens (tertiary/aromatic N) is 1. The van der Waals surface area contributed by atoms with E-state index in [0.717, 1.165) is 5.56 Å². The first-order valence-corrected chi connectivity index (χ1v) is 8.10. The van der Waals surface area contributed by atoms with Crippen LogP contribution in [0.3, 0.4) is 0 Å². The van der Waals surface area contributed by atoms with Crippen molar-refractivity contribution in [2.24, 2.45) is 0 Å². The number of aliphatic carboxylic acids is 1. The van der Waals surface area contributed by atoms with Gasteiger partial charge in [-0.1, -0.05) is 0 Å². The molecule has 1 amide bonds. The molecule has 25 heavy (non-hydrogen) atoms. The summed E-state index contributed by atoms with van der Waals surface area (Å²) in [6.07, 6.45) is -0.358. The summed E-state index contributed by atoms with van der Waals surface area (Å²) in [6.45, 7) is 7.27. The highest BCUT2D eigenvalue weighted by atomic mass is 16.6. The number of phenols is 1. The number of carbonyl (C=O) groups is 2. The fourth-order valence-electron chi connectivity index (χ4n) is 3.20. The van der Waals surface area contributed by atoms with E-state index in [2.05, 4.69) is 0 Å². The molecular weight excluding hydrogens is 326 g/mol. The van der Waals surface area contributed by atoms with E-state index in [4.69, 9.17) is 9.47 Å². The Labute approximate surface area is 147 Å². The summed E-state index contributed by atoms with van der Waals surface area (Å²) < 4.78 is 10.6. The first-order valence-electron chi connectivity index (χ1n) is 8.10. The van der Waals surface area contributed by atoms with Crippen LogP contribution in [0.2, 0.25) is 0 Å². The molecule has 0 spiro atoms. The van der Waals surface area contributed by atoms with E-state index in [9.17, 15) is 19.8 Å². The van der Waals surface area contributed by atoms with Crippen molar-refractivity contribution in [3.63, 3.8) is 0 Å². The average Bonchev–Trinajstić information content (AvgIpc) is 2.44. The summed E-state index contributed by atoms with van der Waals surface area (Å²) in [6, 6.07) is 3.17. The fraction of sp³-hybridized carbons (Fsp3) is 0.556. The highest BCUT2D eigenvalue weighted by molar-refractivity contribution is 5.75. The number of methoxy groups -OCH3 is 1. The zero-order valence-electron chi connectivity index (χ0n) is 15.3. The highest BCUT2D eigenvalue weighted by Crippen LogP contribution is 2.43. The van der Waals surface area contributed by atoms with Crippen molar-refractivity contribution in [2.45, 2.75) is 51.7 Å². The predicted octanol–water partition coefficient (Wildman–Crippen LogP) is 2.88. The third kappa shape index (κ3) is 3.81. The lowest BCUT2D eigenvalue weighted by Gasteiger charge is -2.45. The zero-order chi connectivity index (χ0) is 19.0. The van der Waals surface area contributed by atoms with Gasteiger partial charge in [0.25, 0.3) is 0 Å². The van der Waals surface area contributed by atoms with Crippen LogP contribution in [0, 0.1) is 0 Å². The standard InChI is InChI=1S/C18H25NO6/c1-17(2,3)25-16(23)19-7-6-11-8-14(24-5)13(20)9-12(11)18(19,4)10-15(21)22/h8-9,20H,6-7,10H2,1-5H3,(H,21,22). The van der Waals surface area contributed by atoms with E-state index < -0.39 is 23.2 Å². The van der Waals surface area contributed by atoms with Crippen molar-refractivity contribution >= 4 is 12.1 Å². The summed E-state index contributed by atoms with van der Waals surface area (Å²) in [4.78, 5) is 25.6. The first-order chi connectivity index (χ1) is 11.5. The minimum Gasteiger partial charge on any atom is -0.504 e. The number of amides is 1. The lowest BCUT2D eigenvalue weighted by atomic mass is 9.79. The van der Waals surface area contributed by atoms with Gasteiger partial charge in [0.05, 0.1) is 19.1 Å². The largest absolute Gasteiger partial charge is 0.504 e. The molecule has 0 radical (unpaired) electrons. The third-order valence-electron chi connectivity index (χ3n) is 4.29. The van der Waals surface area contributed by atoms with E-state index >= 15 is 0 Å². The Balaban J connectivity index is 2.52. The lowest BCUT2D eigenvalue weighted by Crippen LogP contribution is -2.54. The van der Waals surface area contributed by atoms with Gasteiger partial charge in [0.1, 0.15) is 5.60 Å². The molecule has 1 unspecified atom stereocenters. The minimum absolute atomic E-state index is 0.0936. The minimum atomic E-state index is -1.13. The Morgan fingerprint density at radius 2 is 1.96 bits per heavy atom. The topological polar surface area (TPSA) is 96.3 Å². The number of aromatic hydroxyl groups is 1. The quantitative estimate of drug-likeness (QED) is 0.869. The van der Waals surface area contributed by atoms with Crippen molar-refractivity contribution in [3.8, 4) is 11.5 Å². The van der Waals surface area contributed by atoms with Crippen LogP contribution in [0.1, 0.15) is 45.2 Å². The van der Waals surface area contributed by atoms with Crippen LogP contribution < -0.4 is 4.74 Å². The third-order valence-corrected chi connectivity index (χ3v) is 4.29. The molecule has 0 fully saturated rings. The molecule has 7 heteroatoms. The molecule has 0 bridgehead atoms. The Hall–Kier alpha value is -2.44. The van der Waals surface area contributed by atoms with Crippen molar-refractivity contribution in [1.82, 2.24) is 4.90 Å². The number of hydrogen-bond donors (Lipinski definition) is 2. The lowest BCUT2D eigenvalue weighted by molar-refractivity contribution is -0.140. The van der Waals surface area contributed by atoms with E-state index in [-0.39, 0.29) is 12.2 Å². The second kappa shape index (κ2) is 6.46. The Morgan fingerprint density at radius 1 is 1.32 bits per heavy atom. The van der Waals surface area contributed by atoms with Gasteiger partial charge in [-0.05, 0) is 57.4 Å². The van der Waals surface area contributed by atoms with E-state index in [0.29, 0.717) is 24.3 Å². The Morgan fingerprint density at radius 3 is 2.48 bits per heavy atom. The highest BCUT2D eigenvalue weighted by Gasteiger charge is 2.45. The van der Waals surface area contributed by atoms with Crippen LogP contribution in [0.25, 0.3) is 0 Å². The van der Waals surface area contributed by atoms with Crippen molar-refractivity contribution in [2.75, 3.05) is 13.7 Å². The van der Waals surface area contributed by atoms with Crippen LogP contribution in [-0.2, 0) is 21.5 Å². The number of carboxylic acid groups (broad SMARTS) is 1. The van der Waals surface area contributed by atoms with Crippen LogP contribution in [-0.4, -0.2) is 46.4 Å². The number of fused-ring (bicyclic) bond motifs is 1. The zero-order valence-corrected chi connectivity index (χ0v) is 15.3. The molecule has 0 aliphatic carbocycles. The smallest absolute Gasteiger partial charge is 0.411 e. The molecule has 0 saturated carbocycles. The Kier molecular flexibility index (Phi) is 4.88. The molecule has 1 heterocycles. The normalized spacial score (nSPS) is 20.0. The molecular formula is C18H25NO6. The molecule has 138 valence electrons. The van der Waals surface area contributed by atoms with Crippen LogP contribution in [0.4, 0.5) is 4.79 Å². The number of carboxylic acids is 1. The van der Waals surface area contributed by atoms with Gasteiger partial charge >= 0.3 is 12.1 Å². The van der Waals surface area contributed by atoms with Gasteiger partial charge in [0.2, 0.25) is 0 Å². The molecule has 2 rings (SSSR count). The average molecular weight is 351 g/mol. The summed E-state index contributed by atoms with van der Waals surface area (Å²) in [5, 5.41) is 19.5. The van der Waals surface area contributed by atoms with E-state index in [1.54, 1.807) is 33.8 Å². The fourth-order valence-corrected chi connectivity index (χ4v) is 3.20. The molecule has 7 nitrogen and oxygen atoms in total. The number of carbonyl (C=O) groups excluding carboxylic acids is 1. The molecule has 2 N–H and O–H groups in total. The first kappa shape index (κ1) is 18.9. The molecule has 1 aromatic carbocycles. The summed E-state index contributed by atoms with van der Waals surface area (Å²) in [5.74, 6) is -0.815. The number of ether oxygens (including phenoxy) is 2. The van der Waals surface area contributed by atoms with Crippen molar-refractivity contribution in [1.29, 1.82) is 0 Å². The van der Waals surface area contributed by atoms with Crippen LogP contribution in [0.5, 0.6) is 11.5 Å². The van der Waals surface area contributed by atoms with Crippen molar-refractivity contribution in [3.05, 3.63) is 23.3 Å². The van der Waals surface area contributed by atoms with Gasteiger partial charge in [-0.2, -0.15) is 0 Å². The second-order valence-electron chi connectivity index (χ2n) is 7.41.